The molecule has 3 heterocycles. The second-order valence-corrected chi connectivity index (χ2v) is 9.94. The molecule has 1 saturated heterocycles. The highest BCUT2D eigenvalue weighted by molar-refractivity contribution is 7.99. The fourth-order valence-electron chi connectivity index (χ4n) is 5.49. The van der Waals surface area contributed by atoms with Gasteiger partial charge in [0.25, 0.3) is 0 Å². The molecule has 1 aliphatic carbocycles. The van der Waals surface area contributed by atoms with E-state index in [1.165, 1.54) is 32.0 Å². The number of hydrogen-bond donors (Lipinski definition) is 2. The zero-order valence-corrected chi connectivity index (χ0v) is 19.8. The summed E-state index contributed by atoms with van der Waals surface area (Å²) in [6.07, 6.45) is 5.71. The van der Waals surface area contributed by atoms with E-state index in [2.05, 4.69) is 57.6 Å². The van der Waals surface area contributed by atoms with Crippen LogP contribution in [0.15, 0.2) is 52.6 Å². The van der Waals surface area contributed by atoms with Gasteiger partial charge in [-0.15, -0.1) is 0 Å². The maximum absolute atomic E-state index is 12.7. The number of aromatic amines is 1. The lowest BCUT2D eigenvalue weighted by molar-refractivity contribution is 0.123. The van der Waals surface area contributed by atoms with Crippen molar-refractivity contribution in [2.24, 2.45) is 0 Å². The summed E-state index contributed by atoms with van der Waals surface area (Å²) in [7, 11) is 2.21. The molecule has 1 aromatic carbocycles. The predicted octanol–water partition coefficient (Wildman–Crippen LogP) is 4.48. The lowest BCUT2D eigenvalue weighted by Gasteiger charge is -2.46. The molecule has 2 N–H and O–H groups in total. The van der Waals surface area contributed by atoms with Crippen molar-refractivity contribution in [3.63, 3.8) is 0 Å². The molecule has 0 radical (unpaired) electrons. The van der Waals surface area contributed by atoms with E-state index in [0.29, 0.717) is 12.0 Å². The monoisotopic (exact) mass is 449 g/mol. The van der Waals surface area contributed by atoms with Crippen LogP contribution in [0, 0.1) is 0 Å². The average Bonchev–Trinajstić information content (AvgIpc) is 3.14. The number of pyridine rings is 1. The Bertz CT molecular complexity index is 1110. The number of likely N-dealkylation sites (N-methyl/N-ethyl adjacent to an activating group) is 1. The zero-order valence-electron chi connectivity index (χ0n) is 19.0. The van der Waals surface area contributed by atoms with E-state index in [1.54, 1.807) is 11.8 Å². The van der Waals surface area contributed by atoms with Crippen LogP contribution in [0.1, 0.15) is 37.3 Å². The van der Waals surface area contributed by atoms with Crippen LogP contribution in [0.2, 0.25) is 0 Å². The van der Waals surface area contributed by atoms with Crippen LogP contribution in [0.3, 0.4) is 0 Å². The molecular formula is C25H31N5OS. The molecule has 7 heteroatoms. The number of H-pyrrole nitrogens is 1. The van der Waals surface area contributed by atoms with Crippen molar-refractivity contribution in [1.29, 1.82) is 0 Å². The Morgan fingerprint density at radius 2 is 2.03 bits per heavy atom. The van der Waals surface area contributed by atoms with E-state index in [1.807, 2.05) is 31.1 Å². The van der Waals surface area contributed by atoms with Gasteiger partial charge in [-0.1, -0.05) is 23.9 Å². The molecule has 168 valence electrons. The number of piperidine rings is 1. The highest BCUT2D eigenvalue weighted by atomic mass is 32.2. The molecule has 0 bridgehead atoms. The van der Waals surface area contributed by atoms with Crippen molar-refractivity contribution in [2.75, 3.05) is 26.7 Å². The number of carbonyl (C=O) groups is 1. The largest absolute Gasteiger partial charge is 0.349 e. The van der Waals surface area contributed by atoms with E-state index < -0.39 is 0 Å². The van der Waals surface area contributed by atoms with Gasteiger partial charge in [-0.3, -0.25) is 4.98 Å². The van der Waals surface area contributed by atoms with E-state index in [0.717, 1.165) is 32.5 Å². The van der Waals surface area contributed by atoms with Crippen LogP contribution in [-0.4, -0.2) is 64.6 Å². The van der Waals surface area contributed by atoms with Crippen LogP contribution < -0.4 is 5.32 Å². The normalized spacial score (nSPS) is 22.5. The Kier molecular flexibility index (Phi) is 5.86. The van der Waals surface area contributed by atoms with Gasteiger partial charge >= 0.3 is 6.03 Å². The molecule has 0 spiro atoms. The summed E-state index contributed by atoms with van der Waals surface area (Å²) in [6, 6.07) is 11.4. The van der Waals surface area contributed by atoms with E-state index in [4.69, 9.17) is 0 Å². The third kappa shape index (κ3) is 3.77. The van der Waals surface area contributed by atoms with Gasteiger partial charge in [0.1, 0.15) is 0 Å². The fraction of sp³-hybridized carbons (Fsp3) is 0.440. The van der Waals surface area contributed by atoms with Gasteiger partial charge in [-0.05, 0) is 63.1 Å². The van der Waals surface area contributed by atoms with Crippen molar-refractivity contribution in [2.45, 2.75) is 54.6 Å². The lowest BCUT2D eigenvalue weighted by Crippen LogP contribution is -2.56. The van der Waals surface area contributed by atoms with Gasteiger partial charge in [0.15, 0.2) is 0 Å². The maximum atomic E-state index is 12.7. The Balaban J connectivity index is 1.46. The van der Waals surface area contributed by atoms with Crippen molar-refractivity contribution in [3.05, 3.63) is 53.9 Å². The van der Waals surface area contributed by atoms with Crippen LogP contribution in [0.5, 0.6) is 0 Å². The van der Waals surface area contributed by atoms with Crippen molar-refractivity contribution >= 4 is 28.7 Å². The van der Waals surface area contributed by atoms with Crippen LogP contribution >= 0.6 is 11.8 Å². The van der Waals surface area contributed by atoms with Crippen LogP contribution in [-0.2, 0) is 6.42 Å². The number of nitrogens with zero attached hydrogens (tertiary/aromatic N) is 3. The fourth-order valence-corrected chi connectivity index (χ4v) is 6.45. The minimum absolute atomic E-state index is 0.0549. The lowest BCUT2D eigenvalue weighted by atomic mass is 9.74. The number of nitrogens with one attached hydrogen (secondary N) is 2. The van der Waals surface area contributed by atoms with E-state index in [-0.39, 0.29) is 12.1 Å². The number of urea groups is 1. The summed E-state index contributed by atoms with van der Waals surface area (Å²) in [5.41, 5.74) is 4.06. The van der Waals surface area contributed by atoms with E-state index in [9.17, 15) is 4.79 Å². The van der Waals surface area contributed by atoms with Crippen molar-refractivity contribution < 1.29 is 4.79 Å². The minimum atomic E-state index is 0.0549. The number of likely N-dealkylation sites (tertiary alicyclic amines) is 1. The predicted molar refractivity (Wildman–Crippen MR) is 129 cm³/mol. The standard InChI is InChI=1S/C25H31N5OS/c1-4-30(5-2)25(31)27-16-13-19-18-7-6-8-21-23(18)20(14-22(19)29(3)15-16)24(28-21)32-17-9-11-26-12-10-17/h6-12,16,19,22,28H,4-5,13-15H2,1-3H3,(H,27,31)/t16-,19?,22+/m0/s1. The molecule has 1 unspecified atom stereocenters. The number of rotatable bonds is 5. The van der Waals surface area contributed by atoms with Crippen LogP contribution in [0.4, 0.5) is 4.79 Å². The van der Waals surface area contributed by atoms with Gasteiger partial charge < -0.3 is 20.1 Å². The molecule has 1 fully saturated rings. The number of amides is 2. The summed E-state index contributed by atoms with van der Waals surface area (Å²) in [5, 5.41) is 5.93. The smallest absolute Gasteiger partial charge is 0.317 e. The minimum Gasteiger partial charge on any atom is -0.349 e. The number of carbonyl (C=O) groups excluding carboxylic acids is 1. The van der Waals surface area contributed by atoms with E-state index >= 15 is 0 Å². The molecule has 5 rings (SSSR count). The molecule has 1 aliphatic heterocycles. The highest BCUT2D eigenvalue weighted by Crippen LogP contribution is 2.46. The molecule has 3 aromatic rings. The van der Waals surface area contributed by atoms with Crippen molar-refractivity contribution in [3.8, 4) is 0 Å². The highest BCUT2D eigenvalue weighted by Gasteiger charge is 2.41. The van der Waals surface area contributed by atoms with Gasteiger partial charge in [0.2, 0.25) is 0 Å². The molecule has 0 saturated carbocycles. The molecule has 2 aromatic heterocycles. The molecular weight excluding hydrogens is 418 g/mol. The first-order valence-corrected chi connectivity index (χ1v) is 12.4. The SMILES string of the molecule is CCN(CC)C(=O)N[C@H]1CC2c3cccc4[nH]c(Sc5ccncc5)c(c34)C[C@H]2N(C)C1. The van der Waals surface area contributed by atoms with Gasteiger partial charge in [-0.25, -0.2) is 4.79 Å². The molecule has 6 nitrogen and oxygen atoms in total. The number of benzene rings is 1. The summed E-state index contributed by atoms with van der Waals surface area (Å²) >= 11 is 1.79. The Labute approximate surface area is 193 Å². The second-order valence-electron chi connectivity index (χ2n) is 8.86. The quantitative estimate of drug-likeness (QED) is 0.603. The summed E-state index contributed by atoms with van der Waals surface area (Å²) in [4.78, 5) is 26.0. The zero-order chi connectivity index (χ0) is 22.2. The third-order valence-corrected chi connectivity index (χ3v) is 8.12. The summed E-state index contributed by atoms with van der Waals surface area (Å²) < 4.78 is 0. The number of aromatic nitrogens is 2. The Morgan fingerprint density at radius 1 is 1.25 bits per heavy atom. The Morgan fingerprint density at radius 3 is 2.78 bits per heavy atom. The summed E-state index contributed by atoms with van der Waals surface area (Å²) in [5.74, 6) is 0.418. The second kappa shape index (κ2) is 8.79. The summed E-state index contributed by atoms with van der Waals surface area (Å²) in [6.45, 7) is 6.42. The van der Waals surface area contributed by atoms with Crippen molar-refractivity contribution in [1.82, 2.24) is 25.1 Å². The number of hydrogen-bond acceptors (Lipinski definition) is 4. The molecule has 3 atom stereocenters. The molecule has 2 amide bonds. The van der Waals surface area contributed by atoms with Gasteiger partial charge in [-0.2, -0.15) is 0 Å². The number of fused-ring (bicyclic) bond motifs is 2. The maximum Gasteiger partial charge on any atom is 0.317 e. The van der Waals surface area contributed by atoms with Gasteiger partial charge in [0.05, 0.1) is 5.03 Å². The van der Waals surface area contributed by atoms with Crippen LogP contribution in [0.25, 0.3) is 10.9 Å². The van der Waals surface area contributed by atoms with Gasteiger partial charge in [0, 0.05) is 65.8 Å². The first-order valence-electron chi connectivity index (χ1n) is 11.6. The molecule has 2 aliphatic rings. The Hall–Kier alpha value is -2.51. The molecule has 32 heavy (non-hydrogen) atoms. The third-order valence-electron chi connectivity index (χ3n) is 7.06. The first kappa shape index (κ1) is 21.3. The first-order chi connectivity index (χ1) is 15.6. The topological polar surface area (TPSA) is 64.3 Å². The average molecular weight is 450 g/mol.